The summed E-state index contributed by atoms with van der Waals surface area (Å²) in [6.45, 7) is 3.30. The van der Waals surface area contributed by atoms with Gasteiger partial charge in [-0.3, -0.25) is 19.1 Å². The molecule has 134 valence electrons. The first-order chi connectivity index (χ1) is 12.5. The first-order valence-electron chi connectivity index (χ1n) is 8.52. The normalized spacial score (nSPS) is 11.0. The molecule has 26 heavy (non-hydrogen) atoms. The summed E-state index contributed by atoms with van der Waals surface area (Å²) in [5, 5.41) is 3.48. The molecule has 0 aliphatic carbocycles. The minimum atomic E-state index is -0.0830. The van der Waals surface area contributed by atoms with Crippen molar-refractivity contribution < 1.29 is 4.79 Å². The van der Waals surface area contributed by atoms with Crippen molar-refractivity contribution in [2.45, 2.75) is 13.5 Å². The molecule has 1 heterocycles. The fourth-order valence-corrected chi connectivity index (χ4v) is 2.71. The van der Waals surface area contributed by atoms with Crippen LogP contribution in [0.15, 0.2) is 59.7 Å². The lowest BCUT2D eigenvalue weighted by atomic mass is 10.2. The number of aromatic nitrogens is 2. The molecule has 0 saturated heterocycles. The number of carbonyl (C=O) groups is 1. The number of rotatable bonds is 6. The molecule has 0 radical (unpaired) electrons. The number of fused-ring (bicyclic) bond motifs is 1. The van der Waals surface area contributed by atoms with Crippen LogP contribution < -0.4 is 10.9 Å². The highest BCUT2D eigenvalue weighted by Crippen LogP contribution is 2.08. The molecule has 1 amide bonds. The Labute approximate surface area is 152 Å². The third-order valence-corrected chi connectivity index (χ3v) is 4.20. The Bertz CT molecular complexity index is 963. The molecule has 3 aromatic rings. The molecule has 2 aromatic carbocycles. The van der Waals surface area contributed by atoms with Gasteiger partial charge < -0.3 is 5.32 Å². The molecule has 6 heteroatoms. The van der Waals surface area contributed by atoms with E-state index in [2.05, 4.69) is 10.3 Å². The van der Waals surface area contributed by atoms with Crippen molar-refractivity contribution in [3.63, 3.8) is 0 Å². The number of anilines is 1. The molecule has 0 saturated carbocycles. The summed E-state index contributed by atoms with van der Waals surface area (Å²) in [6, 6.07) is 15.0. The van der Waals surface area contributed by atoms with Crippen molar-refractivity contribution in [1.29, 1.82) is 0 Å². The monoisotopic (exact) mass is 350 g/mol. The van der Waals surface area contributed by atoms with Crippen molar-refractivity contribution in [1.82, 2.24) is 14.5 Å². The maximum absolute atomic E-state index is 12.5. The predicted octanol–water partition coefficient (Wildman–Crippen LogP) is 2.28. The van der Waals surface area contributed by atoms with Gasteiger partial charge in [-0.05, 0) is 38.2 Å². The summed E-state index contributed by atoms with van der Waals surface area (Å²) in [6.07, 6.45) is 1.56. The Morgan fingerprint density at radius 1 is 1.15 bits per heavy atom. The fraction of sp³-hybridized carbons (Fsp3) is 0.250. The number of carbonyl (C=O) groups excluding carboxylic acids is 1. The highest BCUT2D eigenvalue weighted by Gasteiger charge is 2.08. The van der Waals surface area contributed by atoms with E-state index in [4.69, 9.17) is 0 Å². The second-order valence-corrected chi connectivity index (χ2v) is 6.41. The minimum Gasteiger partial charge on any atom is -0.325 e. The van der Waals surface area contributed by atoms with Gasteiger partial charge in [-0.25, -0.2) is 4.98 Å². The van der Waals surface area contributed by atoms with E-state index in [-0.39, 0.29) is 18.0 Å². The van der Waals surface area contributed by atoms with Crippen LogP contribution in [-0.4, -0.2) is 40.5 Å². The maximum atomic E-state index is 12.5. The third-order valence-electron chi connectivity index (χ3n) is 4.20. The number of nitrogens with one attached hydrogen (secondary N) is 1. The van der Waals surface area contributed by atoms with Crippen molar-refractivity contribution >= 4 is 22.5 Å². The van der Waals surface area contributed by atoms with E-state index in [1.54, 1.807) is 17.0 Å². The molecule has 0 fully saturated rings. The van der Waals surface area contributed by atoms with Crippen LogP contribution >= 0.6 is 0 Å². The van der Waals surface area contributed by atoms with Gasteiger partial charge in [0.1, 0.15) is 0 Å². The minimum absolute atomic E-state index is 0.0619. The van der Waals surface area contributed by atoms with E-state index < -0.39 is 0 Å². The summed E-state index contributed by atoms with van der Waals surface area (Å²) in [5.41, 5.74) is 2.56. The van der Waals surface area contributed by atoms with Gasteiger partial charge in [0.2, 0.25) is 5.91 Å². The number of amides is 1. The number of hydrogen-bond donors (Lipinski definition) is 1. The molecule has 0 unspecified atom stereocenters. The summed E-state index contributed by atoms with van der Waals surface area (Å²) < 4.78 is 1.58. The highest BCUT2D eigenvalue weighted by atomic mass is 16.2. The van der Waals surface area contributed by atoms with Gasteiger partial charge in [-0.15, -0.1) is 0 Å². The second-order valence-electron chi connectivity index (χ2n) is 6.41. The molecule has 1 N–H and O–H groups in total. The van der Waals surface area contributed by atoms with Gasteiger partial charge in [0, 0.05) is 18.8 Å². The first kappa shape index (κ1) is 17.8. The smallest absolute Gasteiger partial charge is 0.261 e. The third kappa shape index (κ3) is 4.34. The molecule has 0 bridgehead atoms. The maximum Gasteiger partial charge on any atom is 0.261 e. The quantitative estimate of drug-likeness (QED) is 0.741. The van der Waals surface area contributed by atoms with Crippen LogP contribution in [0.25, 0.3) is 10.9 Å². The van der Waals surface area contributed by atoms with Gasteiger partial charge in [0.15, 0.2) is 0 Å². The number of nitrogens with zero attached hydrogens (tertiary/aromatic N) is 3. The molecule has 3 rings (SSSR count). The molecule has 0 atom stereocenters. The lowest BCUT2D eigenvalue weighted by Gasteiger charge is -2.17. The van der Waals surface area contributed by atoms with Gasteiger partial charge >= 0.3 is 0 Å². The van der Waals surface area contributed by atoms with E-state index >= 15 is 0 Å². The van der Waals surface area contributed by atoms with Crippen LogP contribution in [0.5, 0.6) is 0 Å². The first-order valence-corrected chi connectivity index (χ1v) is 8.52. The van der Waals surface area contributed by atoms with E-state index in [0.717, 1.165) is 11.3 Å². The van der Waals surface area contributed by atoms with Gasteiger partial charge in [-0.1, -0.05) is 29.8 Å². The van der Waals surface area contributed by atoms with Crippen LogP contribution in [-0.2, 0) is 11.3 Å². The number of para-hydroxylation sites is 1. The lowest BCUT2D eigenvalue weighted by Crippen LogP contribution is -2.34. The Morgan fingerprint density at radius 3 is 2.65 bits per heavy atom. The Morgan fingerprint density at radius 2 is 1.88 bits per heavy atom. The Kier molecular flexibility index (Phi) is 5.43. The Balaban J connectivity index is 1.56. The van der Waals surface area contributed by atoms with Crippen molar-refractivity contribution in [3.8, 4) is 0 Å². The molecule has 0 spiro atoms. The Hall–Kier alpha value is -2.99. The summed E-state index contributed by atoms with van der Waals surface area (Å²) in [5.74, 6) is -0.0830. The van der Waals surface area contributed by atoms with Crippen LogP contribution in [0.3, 0.4) is 0 Å². The number of aryl methyl sites for hydroxylation is 1. The van der Waals surface area contributed by atoms with Crippen LogP contribution in [0.4, 0.5) is 5.69 Å². The zero-order valence-corrected chi connectivity index (χ0v) is 15.0. The second kappa shape index (κ2) is 7.93. The molecule has 0 aliphatic rings. The fourth-order valence-electron chi connectivity index (χ4n) is 2.71. The largest absolute Gasteiger partial charge is 0.325 e. The average Bonchev–Trinajstić information content (AvgIpc) is 2.63. The van der Waals surface area contributed by atoms with E-state index in [0.29, 0.717) is 24.0 Å². The molecular formula is C20H22N4O2. The SMILES string of the molecule is Cc1ccc(NC(=O)CN(C)CCn2cnc3ccccc3c2=O)cc1. The topological polar surface area (TPSA) is 67.2 Å². The summed E-state index contributed by atoms with van der Waals surface area (Å²) in [4.78, 5) is 30.8. The van der Waals surface area contributed by atoms with Gasteiger partial charge in [0.25, 0.3) is 5.56 Å². The molecular weight excluding hydrogens is 328 g/mol. The highest BCUT2D eigenvalue weighted by molar-refractivity contribution is 5.92. The van der Waals surface area contributed by atoms with Crippen molar-refractivity contribution in [2.75, 3.05) is 25.5 Å². The van der Waals surface area contributed by atoms with Crippen LogP contribution in [0, 0.1) is 6.92 Å². The average molecular weight is 350 g/mol. The van der Waals surface area contributed by atoms with Crippen LogP contribution in [0.1, 0.15) is 5.56 Å². The summed E-state index contributed by atoms with van der Waals surface area (Å²) >= 11 is 0. The molecule has 6 nitrogen and oxygen atoms in total. The van der Waals surface area contributed by atoms with Gasteiger partial charge in [0.05, 0.1) is 23.8 Å². The number of likely N-dealkylation sites (N-methyl/N-ethyl adjacent to an activating group) is 1. The van der Waals surface area contributed by atoms with Crippen molar-refractivity contribution in [3.05, 3.63) is 70.8 Å². The van der Waals surface area contributed by atoms with Crippen molar-refractivity contribution in [2.24, 2.45) is 0 Å². The lowest BCUT2D eigenvalue weighted by molar-refractivity contribution is -0.117. The molecule has 0 aliphatic heterocycles. The van der Waals surface area contributed by atoms with E-state index in [9.17, 15) is 9.59 Å². The zero-order chi connectivity index (χ0) is 18.5. The van der Waals surface area contributed by atoms with Crippen LogP contribution in [0.2, 0.25) is 0 Å². The zero-order valence-electron chi connectivity index (χ0n) is 15.0. The van der Waals surface area contributed by atoms with E-state index in [1.807, 2.05) is 61.3 Å². The standard InChI is InChI=1S/C20H22N4O2/c1-15-7-9-16(10-8-15)22-19(25)13-23(2)11-12-24-14-21-18-6-4-3-5-17(18)20(24)26/h3-10,14H,11-13H2,1-2H3,(H,22,25). The number of hydrogen-bond acceptors (Lipinski definition) is 4. The number of benzene rings is 2. The van der Waals surface area contributed by atoms with Gasteiger partial charge in [-0.2, -0.15) is 0 Å². The molecule has 1 aromatic heterocycles. The van der Waals surface area contributed by atoms with E-state index in [1.165, 1.54) is 0 Å². The predicted molar refractivity (Wildman–Crippen MR) is 103 cm³/mol. The summed E-state index contributed by atoms with van der Waals surface area (Å²) in [7, 11) is 1.86.